The highest BCUT2D eigenvalue weighted by atomic mass is 79.9. The van der Waals surface area contributed by atoms with Gasteiger partial charge in [-0.3, -0.25) is 0 Å². The Hall–Kier alpha value is -2.37. The van der Waals surface area contributed by atoms with Crippen molar-refractivity contribution in [1.29, 1.82) is 0 Å². The monoisotopic (exact) mass is 456 g/mol. The Balaban J connectivity index is 1.70. The van der Waals surface area contributed by atoms with Crippen LogP contribution in [0.15, 0.2) is 71.2 Å². The van der Waals surface area contributed by atoms with E-state index in [2.05, 4.69) is 57.8 Å². The summed E-state index contributed by atoms with van der Waals surface area (Å²) in [7, 11) is 1.72. The number of nitrogens with one attached hydrogen (secondary N) is 2. The van der Waals surface area contributed by atoms with Crippen molar-refractivity contribution < 1.29 is 9.13 Å². The summed E-state index contributed by atoms with van der Waals surface area (Å²) in [6.07, 6.45) is 0.861. The number of halogens is 2. The normalized spacial score (nSPS) is 11.9. The molecule has 0 fully saturated rings. The number of rotatable bonds is 9. The van der Waals surface area contributed by atoms with Gasteiger partial charge in [-0.15, -0.1) is 0 Å². The molecule has 3 aromatic rings. The molecule has 0 heterocycles. The summed E-state index contributed by atoms with van der Waals surface area (Å²) in [5.41, 5.74) is 5.37. The second-order valence-corrected chi connectivity index (χ2v) is 7.99. The minimum atomic E-state index is -0.256. The van der Waals surface area contributed by atoms with Crippen molar-refractivity contribution in [1.82, 2.24) is 0 Å². The van der Waals surface area contributed by atoms with E-state index in [0.717, 1.165) is 23.4 Å². The van der Waals surface area contributed by atoms with Gasteiger partial charge in [-0.05, 0) is 64.7 Å². The van der Waals surface area contributed by atoms with E-state index < -0.39 is 0 Å². The number of anilines is 2. The van der Waals surface area contributed by atoms with Crippen LogP contribution >= 0.6 is 15.9 Å². The van der Waals surface area contributed by atoms with E-state index in [1.807, 2.05) is 30.3 Å². The van der Waals surface area contributed by atoms with Crippen molar-refractivity contribution in [3.05, 3.63) is 93.7 Å². The first-order chi connectivity index (χ1) is 14.0. The van der Waals surface area contributed by atoms with Crippen molar-refractivity contribution in [2.24, 2.45) is 0 Å². The molecular formula is C24H26BrFN2O. The fraction of sp³-hybridized carbons (Fsp3) is 0.250. The largest absolute Gasteiger partial charge is 0.383 e. The van der Waals surface area contributed by atoms with Crippen LogP contribution in [0, 0.1) is 12.7 Å². The molecule has 3 nitrogen and oxygen atoms in total. The maximum Gasteiger partial charge on any atom is 0.137 e. The lowest BCUT2D eigenvalue weighted by atomic mass is 10.0. The first-order valence-corrected chi connectivity index (χ1v) is 10.4. The zero-order chi connectivity index (χ0) is 20.6. The van der Waals surface area contributed by atoms with Gasteiger partial charge in [0.2, 0.25) is 0 Å². The molecule has 0 aliphatic rings. The molecule has 3 rings (SSSR count). The van der Waals surface area contributed by atoms with Gasteiger partial charge in [0, 0.05) is 13.7 Å². The molecule has 0 aliphatic carbocycles. The quantitative estimate of drug-likeness (QED) is 0.403. The van der Waals surface area contributed by atoms with Crippen molar-refractivity contribution in [3.63, 3.8) is 0 Å². The predicted molar refractivity (Wildman–Crippen MR) is 122 cm³/mol. The summed E-state index contributed by atoms with van der Waals surface area (Å²) in [5, 5.41) is 7.01. The van der Waals surface area contributed by atoms with Gasteiger partial charge in [0.25, 0.3) is 0 Å². The van der Waals surface area contributed by atoms with Crippen LogP contribution in [-0.4, -0.2) is 19.8 Å². The zero-order valence-electron chi connectivity index (χ0n) is 16.7. The first kappa shape index (κ1) is 21.3. The lowest BCUT2D eigenvalue weighted by Crippen LogP contribution is -2.28. The molecule has 0 unspecified atom stereocenters. The molecule has 1 atom stereocenters. The van der Waals surface area contributed by atoms with Gasteiger partial charge >= 0.3 is 0 Å². The molecule has 2 N–H and O–H groups in total. The van der Waals surface area contributed by atoms with Crippen molar-refractivity contribution >= 4 is 27.3 Å². The van der Waals surface area contributed by atoms with Crippen LogP contribution in [-0.2, 0) is 17.7 Å². The number of methoxy groups -OCH3 is 1. The minimum Gasteiger partial charge on any atom is -0.383 e. The highest BCUT2D eigenvalue weighted by molar-refractivity contribution is 9.10. The number of hydrogen-bond acceptors (Lipinski definition) is 3. The first-order valence-electron chi connectivity index (χ1n) is 9.63. The van der Waals surface area contributed by atoms with E-state index in [1.54, 1.807) is 13.2 Å². The average molecular weight is 457 g/mol. The van der Waals surface area contributed by atoms with Crippen molar-refractivity contribution in [2.45, 2.75) is 25.9 Å². The SMILES string of the molecule is COC[C@H](Cc1ccc(C)cc1)Nc1ccccc1NCc1ccc(Br)c(F)c1. The van der Waals surface area contributed by atoms with Crippen LogP contribution in [0.3, 0.4) is 0 Å². The van der Waals surface area contributed by atoms with Crippen LogP contribution in [0.1, 0.15) is 16.7 Å². The van der Waals surface area contributed by atoms with E-state index in [9.17, 15) is 4.39 Å². The number of ether oxygens (including phenoxy) is 1. The fourth-order valence-electron chi connectivity index (χ4n) is 3.19. The lowest BCUT2D eigenvalue weighted by Gasteiger charge is -2.22. The van der Waals surface area contributed by atoms with Gasteiger partial charge in [0.05, 0.1) is 28.5 Å². The molecule has 0 bridgehead atoms. The Morgan fingerprint density at radius 1 is 0.966 bits per heavy atom. The third-order valence-corrected chi connectivity index (χ3v) is 5.37. The highest BCUT2D eigenvalue weighted by Crippen LogP contribution is 2.24. The topological polar surface area (TPSA) is 33.3 Å². The minimum absolute atomic E-state index is 0.135. The van der Waals surface area contributed by atoms with Gasteiger partial charge in [-0.2, -0.15) is 0 Å². The summed E-state index contributed by atoms with van der Waals surface area (Å²) < 4.78 is 19.7. The van der Waals surface area contributed by atoms with Crippen LogP contribution in [0.5, 0.6) is 0 Å². The van der Waals surface area contributed by atoms with Crippen LogP contribution in [0.4, 0.5) is 15.8 Å². The van der Waals surface area contributed by atoms with E-state index in [0.29, 0.717) is 17.6 Å². The van der Waals surface area contributed by atoms with E-state index in [1.165, 1.54) is 17.2 Å². The lowest BCUT2D eigenvalue weighted by molar-refractivity contribution is 0.185. The molecule has 0 aliphatic heterocycles. The number of aryl methyl sites for hydroxylation is 1. The summed E-state index contributed by atoms with van der Waals surface area (Å²) in [6.45, 7) is 3.23. The molecule has 0 amide bonds. The molecule has 3 aromatic carbocycles. The van der Waals surface area contributed by atoms with Crippen LogP contribution < -0.4 is 10.6 Å². The van der Waals surface area contributed by atoms with Gasteiger partial charge in [0.1, 0.15) is 5.82 Å². The molecule has 5 heteroatoms. The molecule has 152 valence electrons. The van der Waals surface area contributed by atoms with Crippen LogP contribution in [0.2, 0.25) is 0 Å². The number of para-hydroxylation sites is 2. The van der Waals surface area contributed by atoms with Gasteiger partial charge in [-0.1, -0.05) is 48.0 Å². The Bertz CT molecular complexity index is 930. The Labute approximate surface area is 180 Å². The maximum absolute atomic E-state index is 13.8. The molecule has 0 aromatic heterocycles. The number of benzene rings is 3. The maximum atomic E-state index is 13.8. The molecule has 29 heavy (non-hydrogen) atoms. The molecular weight excluding hydrogens is 431 g/mol. The van der Waals surface area contributed by atoms with Gasteiger partial charge < -0.3 is 15.4 Å². The van der Waals surface area contributed by atoms with E-state index in [4.69, 9.17) is 4.74 Å². The summed E-state index contributed by atoms with van der Waals surface area (Å²) in [5.74, 6) is -0.256. The van der Waals surface area contributed by atoms with Crippen LogP contribution in [0.25, 0.3) is 0 Å². The smallest absolute Gasteiger partial charge is 0.137 e. The third-order valence-electron chi connectivity index (χ3n) is 4.72. The standard InChI is InChI=1S/C24H26BrFN2O/c1-17-7-9-18(10-8-17)13-20(16-29-2)28-24-6-4-3-5-23(24)27-15-19-11-12-21(25)22(26)14-19/h3-12,14,20,27-28H,13,15-16H2,1-2H3/t20-/m0/s1. The second kappa shape index (κ2) is 10.4. The second-order valence-electron chi connectivity index (χ2n) is 7.13. The Morgan fingerprint density at radius 3 is 2.34 bits per heavy atom. The molecule has 0 saturated heterocycles. The van der Waals surface area contributed by atoms with Crippen molar-refractivity contribution in [3.8, 4) is 0 Å². The van der Waals surface area contributed by atoms with Gasteiger partial charge in [0.15, 0.2) is 0 Å². The summed E-state index contributed by atoms with van der Waals surface area (Å²) in [4.78, 5) is 0. The molecule has 0 saturated carbocycles. The number of hydrogen-bond donors (Lipinski definition) is 2. The average Bonchev–Trinajstić information content (AvgIpc) is 2.72. The van der Waals surface area contributed by atoms with Gasteiger partial charge in [-0.25, -0.2) is 4.39 Å². The summed E-state index contributed by atoms with van der Waals surface area (Å²) >= 11 is 3.19. The molecule has 0 radical (unpaired) electrons. The Kier molecular flexibility index (Phi) is 7.67. The van der Waals surface area contributed by atoms with E-state index in [-0.39, 0.29) is 11.9 Å². The third kappa shape index (κ3) is 6.31. The fourth-order valence-corrected chi connectivity index (χ4v) is 3.44. The van der Waals surface area contributed by atoms with E-state index >= 15 is 0 Å². The Morgan fingerprint density at radius 2 is 1.66 bits per heavy atom. The predicted octanol–water partition coefficient (Wildman–Crippen LogP) is 6.18. The zero-order valence-corrected chi connectivity index (χ0v) is 18.3. The van der Waals surface area contributed by atoms with Crippen molar-refractivity contribution in [2.75, 3.05) is 24.4 Å². The highest BCUT2D eigenvalue weighted by Gasteiger charge is 2.12. The molecule has 0 spiro atoms. The summed E-state index contributed by atoms with van der Waals surface area (Å²) in [6, 6.07) is 21.9.